The number of hydrogen-bond donors (Lipinski definition) is 0. The van der Waals surface area contributed by atoms with E-state index < -0.39 is 0 Å². The molecule has 1 aliphatic rings. The number of unbranched alkanes of at least 4 members (excludes halogenated alkanes) is 1. The number of ether oxygens (including phenoxy) is 2. The summed E-state index contributed by atoms with van der Waals surface area (Å²) in [6.45, 7) is 3.38. The molecule has 0 aromatic heterocycles. The smallest absolute Gasteiger partial charge is 0.231 e. The van der Waals surface area contributed by atoms with Crippen LogP contribution in [0.1, 0.15) is 25.3 Å². The van der Waals surface area contributed by atoms with Crippen LogP contribution in [0.2, 0.25) is 0 Å². The van der Waals surface area contributed by atoms with Crippen molar-refractivity contribution in [3.8, 4) is 11.5 Å². The third-order valence-corrected chi connectivity index (χ3v) is 2.28. The van der Waals surface area contributed by atoms with Crippen LogP contribution in [0.3, 0.4) is 0 Å². The van der Waals surface area contributed by atoms with Crippen LogP contribution in [0.5, 0.6) is 11.5 Å². The van der Waals surface area contributed by atoms with Crippen LogP contribution in [-0.2, 0) is 0 Å². The molecular weight excluding hydrogens is 190 g/mol. The Morgan fingerprint density at radius 2 is 2.20 bits per heavy atom. The fraction of sp³-hybridized carbons (Fsp3) is 0.417. The van der Waals surface area contributed by atoms with Gasteiger partial charge in [-0.1, -0.05) is 13.3 Å². The van der Waals surface area contributed by atoms with Gasteiger partial charge < -0.3 is 9.47 Å². The zero-order valence-electron chi connectivity index (χ0n) is 8.90. The standard InChI is InChI=1S/C12H15NO2/c1-2-3-6-13-8-10-4-5-11-12(7-10)15-9-14-11/h4-5,7-8H,2-3,6,9H2,1H3. The number of aliphatic imine (C=N–C) groups is 1. The molecule has 0 N–H and O–H groups in total. The highest BCUT2D eigenvalue weighted by atomic mass is 16.7. The minimum absolute atomic E-state index is 0.325. The van der Waals surface area contributed by atoms with E-state index in [-0.39, 0.29) is 0 Å². The van der Waals surface area contributed by atoms with Crippen LogP contribution >= 0.6 is 0 Å². The van der Waals surface area contributed by atoms with Crippen LogP contribution < -0.4 is 9.47 Å². The van der Waals surface area contributed by atoms with Crippen LogP contribution in [0, 0.1) is 0 Å². The molecule has 1 aromatic carbocycles. The molecule has 1 aliphatic heterocycles. The van der Waals surface area contributed by atoms with Crippen molar-refractivity contribution in [2.75, 3.05) is 13.3 Å². The number of fused-ring (bicyclic) bond motifs is 1. The minimum Gasteiger partial charge on any atom is -0.454 e. The number of rotatable bonds is 4. The minimum atomic E-state index is 0.325. The van der Waals surface area contributed by atoms with Gasteiger partial charge in [-0.3, -0.25) is 4.99 Å². The summed E-state index contributed by atoms with van der Waals surface area (Å²) in [5, 5.41) is 0. The number of benzene rings is 1. The third kappa shape index (κ3) is 2.49. The predicted molar refractivity (Wildman–Crippen MR) is 59.9 cm³/mol. The molecule has 80 valence electrons. The van der Waals surface area contributed by atoms with Crippen LogP contribution in [0.4, 0.5) is 0 Å². The lowest BCUT2D eigenvalue weighted by atomic mass is 10.2. The van der Waals surface area contributed by atoms with Crippen molar-refractivity contribution < 1.29 is 9.47 Å². The van der Waals surface area contributed by atoms with Crippen molar-refractivity contribution in [1.82, 2.24) is 0 Å². The average molecular weight is 205 g/mol. The lowest BCUT2D eigenvalue weighted by Crippen LogP contribution is -1.92. The third-order valence-electron chi connectivity index (χ3n) is 2.28. The van der Waals surface area contributed by atoms with Crippen molar-refractivity contribution in [3.63, 3.8) is 0 Å². The van der Waals surface area contributed by atoms with Crippen molar-refractivity contribution in [2.45, 2.75) is 19.8 Å². The van der Waals surface area contributed by atoms with Gasteiger partial charge in [0.15, 0.2) is 11.5 Å². The molecule has 0 atom stereocenters. The zero-order chi connectivity index (χ0) is 10.5. The summed E-state index contributed by atoms with van der Waals surface area (Å²) in [5.41, 5.74) is 1.07. The van der Waals surface area contributed by atoms with Crippen LogP contribution in [0.15, 0.2) is 23.2 Å². The van der Waals surface area contributed by atoms with Gasteiger partial charge in [0, 0.05) is 12.8 Å². The van der Waals surface area contributed by atoms with E-state index in [1.165, 1.54) is 6.42 Å². The summed E-state index contributed by atoms with van der Waals surface area (Å²) < 4.78 is 10.5. The number of nitrogens with zero attached hydrogens (tertiary/aromatic N) is 1. The fourth-order valence-corrected chi connectivity index (χ4v) is 1.41. The van der Waals surface area contributed by atoms with E-state index in [9.17, 15) is 0 Å². The largest absolute Gasteiger partial charge is 0.454 e. The second-order valence-electron chi connectivity index (χ2n) is 3.50. The van der Waals surface area contributed by atoms with Gasteiger partial charge in [-0.05, 0) is 30.2 Å². The molecule has 0 amide bonds. The van der Waals surface area contributed by atoms with Crippen molar-refractivity contribution >= 4 is 6.21 Å². The summed E-state index contributed by atoms with van der Waals surface area (Å²) >= 11 is 0. The summed E-state index contributed by atoms with van der Waals surface area (Å²) in [6, 6.07) is 5.87. The monoisotopic (exact) mass is 205 g/mol. The molecule has 3 heteroatoms. The summed E-state index contributed by atoms with van der Waals surface area (Å²) in [6.07, 6.45) is 4.21. The van der Waals surface area contributed by atoms with Gasteiger partial charge in [0.2, 0.25) is 6.79 Å². The van der Waals surface area contributed by atoms with Gasteiger partial charge >= 0.3 is 0 Å². The van der Waals surface area contributed by atoms with E-state index in [1.54, 1.807) is 0 Å². The first-order valence-corrected chi connectivity index (χ1v) is 5.29. The second-order valence-corrected chi connectivity index (χ2v) is 3.50. The first-order valence-electron chi connectivity index (χ1n) is 5.29. The molecule has 0 aliphatic carbocycles. The molecule has 0 unspecified atom stereocenters. The summed E-state index contributed by atoms with van der Waals surface area (Å²) in [7, 11) is 0. The van der Waals surface area contributed by atoms with Crippen LogP contribution in [0.25, 0.3) is 0 Å². The molecule has 0 saturated heterocycles. The Labute approximate surface area is 89.7 Å². The van der Waals surface area contributed by atoms with E-state index in [4.69, 9.17) is 9.47 Å². The van der Waals surface area contributed by atoms with Gasteiger partial charge in [0.1, 0.15) is 0 Å². The lowest BCUT2D eigenvalue weighted by Gasteiger charge is -1.97. The Morgan fingerprint density at radius 1 is 1.33 bits per heavy atom. The lowest BCUT2D eigenvalue weighted by molar-refractivity contribution is 0.174. The van der Waals surface area contributed by atoms with Crippen molar-refractivity contribution in [3.05, 3.63) is 23.8 Å². The van der Waals surface area contributed by atoms with Gasteiger partial charge in [0.25, 0.3) is 0 Å². The molecule has 0 saturated carbocycles. The first kappa shape index (κ1) is 10.0. The highest BCUT2D eigenvalue weighted by Crippen LogP contribution is 2.31. The van der Waals surface area contributed by atoms with E-state index >= 15 is 0 Å². The highest BCUT2D eigenvalue weighted by molar-refractivity contribution is 5.81. The van der Waals surface area contributed by atoms with Gasteiger partial charge in [0.05, 0.1) is 0 Å². The number of hydrogen-bond acceptors (Lipinski definition) is 3. The zero-order valence-corrected chi connectivity index (χ0v) is 8.90. The SMILES string of the molecule is CCCCN=Cc1ccc2c(c1)OCO2. The Hall–Kier alpha value is -1.51. The first-order chi connectivity index (χ1) is 7.40. The normalized spacial score (nSPS) is 13.7. The predicted octanol–water partition coefficient (Wildman–Crippen LogP) is 2.63. The molecule has 3 nitrogen and oxygen atoms in total. The highest BCUT2D eigenvalue weighted by Gasteiger charge is 2.12. The molecule has 0 radical (unpaired) electrons. The van der Waals surface area contributed by atoms with Gasteiger partial charge in [-0.15, -0.1) is 0 Å². The molecule has 0 spiro atoms. The van der Waals surface area contributed by atoms with Gasteiger partial charge in [-0.25, -0.2) is 0 Å². The Kier molecular flexibility index (Phi) is 3.22. The maximum Gasteiger partial charge on any atom is 0.231 e. The quantitative estimate of drug-likeness (QED) is 0.559. The molecule has 1 heterocycles. The van der Waals surface area contributed by atoms with Gasteiger partial charge in [-0.2, -0.15) is 0 Å². The van der Waals surface area contributed by atoms with E-state index in [2.05, 4.69) is 11.9 Å². The Balaban J connectivity index is 2.00. The van der Waals surface area contributed by atoms with Crippen LogP contribution in [-0.4, -0.2) is 19.6 Å². The summed E-state index contributed by atoms with van der Waals surface area (Å²) in [4.78, 5) is 4.34. The fourth-order valence-electron chi connectivity index (χ4n) is 1.41. The average Bonchev–Trinajstić information content (AvgIpc) is 2.71. The molecule has 1 aromatic rings. The van der Waals surface area contributed by atoms with E-state index in [1.807, 2.05) is 24.4 Å². The molecule has 0 fully saturated rings. The summed E-state index contributed by atoms with van der Waals surface area (Å²) in [5.74, 6) is 1.63. The van der Waals surface area contributed by atoms with E-state index in [0.717, 1.165) is 30.0 Å². The molecular formula is C12H15NO2. The Morgan fingerprint density at radius 3 is 3.07 bits per heavy atom. The maximum atomic E-state index is 5.28. The van der Waals surface area contributed by atoms with Crippen molar-refractivity contribution in [1.29, 1.82) is 0 Å². The second kappa shape index (κ2) is 4.82. The Bertz CT molecular complexity index is 361. The molecule has 2 rings (SSSR count). The molecule has 15 heavy (non-hydrogen) atoms. The van der Waals surface area contributed by atoms with E-state index in [0.29, 0.717) is 6.79 Å². The maximum absolute atomic E-state index is 5.28. The van der Waals surface area contributed by atoms with Crippen molar-refractivity contribution in [2.24, 2.45) is 4.99 Å². The molecule has 0 bridgehead atoms. The topological polar surface area (TPSA) is 30.8 Å².